The van der Waals surface area contributed by atoms with E-state index < -0.39 is 11.2 Å². The van der Waals surface area contributed by atoms with E-state index in [1.54, 1.807) is 31.8 Å². The molecule has 0 aliphatic heterocycles. The molecule has 0 fully saturated rings. The van der Waals surface area contributed by atoms with Gasteiger partial charge in [-0.25, -0.2) is 4.98 Å². The summed E-state index contributed by atoms with van der Waals surface area (Å²) in [5.74, 6) is 1.36. The van der Waals surface area contributed by atoms with Crippen LogP contribution < -0.4 is 4.74 Å². The second kappa shape index (κ2) is 5.15. The van der Waals surface area contributed by atoms with Crippen LogP contribution in [-0.2, 0) is 11.2 Å². The zero-order valence-corrected chi connectivity index (χ0v) is 11.9. The third-order valence-corrected chi connectivity index (χ3v) is 4.00. The molecule has 1 atom stereocenters. The molecule has 5 nitrogen and oxygen atoms in total. The Bertz CT molecular complexity index is 722. The molecule has 20 heavy (non-hydrogen) atoms. The highest BCUT2D eigenvalue weighted by atomic mass is 32.2. The van der Waals surface area contributed by atoms with Gasteiger partial charge in [-0.15, -0.1) is 0 Å². The van der Waals surface area contributed by atoms with Crippen LogP contribution in [0.5, 0.6) is 5.75 Å². The van der Waals surface area contributed by atoms with Crippen molar-refractivity contribution in [3.8, 4) is 17.1 Å². The highest BCUT2D eigenvalue weighted by molar-refractivity contribution is 7.90. The molecule has 2 heterocycles. The minimum atomic E-state index is -1.13. The van der Waals surface area contributed by atoms with Crippen LogP contribution in [0.3, 0.4) is 0 Å². The summed E-state index contributed by atoms with van der Waals surface area (Å²) in [6.45, 7) is 0. The average Bonchev–Trinajstić information content (AvgIpc) is 2.90. The van der Waals surface area contributed by atoms with Gasteiger partial charge in [0.05, 0.1) is 24.4 Å². The number of benzene rings is 1. The summed E-state index contributed by atoms with van der Waals surface area (Å²) < 4.78 is 17.1. The summed E-state index contributed by atoms with van der Waals surface area (Å²) in [5.41, 5.74) is 2.49. The summed E-state index contributed by atoms with van der Waals surface area (Å²) in [4.78, 5) is 12.4. The van der Waals surface area contributed by atoms with E-state index in [0.717, 1.165) is 16.6 Å². The number of methoxy groups -OCH3 is 1. The van der Waals surface area contributed by atoms with Crippen molar-refractivity contribution in [2.24, 2.45) is 0 Å². The fourth-order valence-corrected chi connectivity index (χ4v) is 2.80. The SMILES string of the molecule is COc1ccc(-c2nc3cnccc3[nH]2)c([S+](C)[O-])c1. The number of aromatic amines is 1. The van der Waals surface area contributed by atoms with Crippen molar-refractivity contribution >= 4 is 22.2 Å². The Kier molecular flexibility index (Phi) is 3.33. The molecular weight excluding hydrogens is 274 g/mol. The maximum atomic E-state index is 11.9. The second-order valence-corrected chi connectivity index (χ2v) is 5.64. The van der Waals surface area contributed by atoms with Crippen LogP contribution in [0, 0.1) is 0 Å². The topological polar surface area (TPSA) is 73.9 Å². The van der Waals surface area contributed by atoms with Crippen LogP contribution >= 0.6 is 0 Å². The van der Waals surface area contributed by atoms with Gasteiger partial charge in [0.25, 0.3) is 0 Å². The Morgan fingerprint density at radius 1 is 1.30 bits per heavy atom. The van der Waals surface area contributed by atoms with Gasteiger partial charge in [0.2, 0.25) is 0 Å². The number of aromatic nitrogens is 3. The van der Waals surface area contributed by atoms with Crippen LogP contribution in [0.25, 0.3) is 22.4 Å². The Hall–Kier alpha value is -2.05. The number of H-pyrrole nitrogens is 1. The van der Waals surface area contributed by atoms with E-state index in [1.165, 1.54) is 0 Å². The summed E-state index contributed by atoms with van der Waals surface area (Å²) in [6, 6.07) is 7.33. The number of pyridine rings is 1. The van der Waals surface area contributed by atoms with E-state index >= 15 is 0 Å². The van der Waals surface area contributed by atoms with Gasteiger partial charge in [-0.2, -0.15) is 0 Å². The molecule has 0 spiro atoms. The van der Waals surface area contributed by atoms with Crippen molar-refractivity contribution in [3.63, 3.8) is 0 Å². The lowest BCUT2D eigenvalue weighted by Gasteiger charge is -2.10. The van der Waals surface area contributed by atoms with Crippen LogP contribution in [-0.4, -0.2) is 32.9 Å². The molecule has 0 saturated heterocycles. The normalized spacial score (nSPS) is 12.6. The molecule has 0 saturated carbocycles. The third-order valence-electron chi connectivity index (χ3n) is 3.04. The minimum Gasteiger partial charge on any atom is -0.612 e. The van der Waals surface area contributed by atoms with Crippen molar-refractivity contribution in [2.45, 2.75) is 4.90 Å². The fraction of sp³-hybridized carbons (Fsp3) is 0.143. The van der Waals surface area contributed by atoms with Gasteiger partial charge in [0, 0.05) is 12.3 Å². The zero-order chi connectivity index (χ0) is 14.1. The molecule has 0 radical (unpaired) electrons. The van der Waals surface area contributed by atoms with Crippen LogP contribution in [0.4, 0.5) is 0 Å². The lowest BCUT2D eigenvalue weighted by atomic mass is 10.2. The molecule has 3 aromatic rings. The number of rotatable bonds is 3. The quantitative estimate of drug-likeness (QED) is 0.750. The van der Waals surface area contributed by atoms with E-state index in [1.807, 2.05) is 18.2 Å². The molecule has 1 aromatic carbocycles. The van der Waals surface area contributed by atoms with E-state index in [4.69, 9.17) is 4.74 Å². The first-order valence-electron chi connectivity index (χ1n) is 6.00. The first-order valence-corrected chi connectivity index (χ1v) is 7.56. The van der Waals surface area contributed by atoms with E-state index in [-0.39, 0.29) is 0 Å². The van der Waals surface area contributed by atoms with Crippen molar-refractivity contribution in [1.82, 2.24) is 15.0 Å². The maximum absolute atomic E-state index is 11.9. The molecule has 0 bridgehead atoms. The highest BCUT2D eigenvalue weighted by Crippen LogP contribution is 2.30. The maximum Gasteiger partial charge on any atom is 0.167 e. The van der Waals surface area contributed by atoms with E-state index in [2.05, 4.69) is 15.0 Å². The largest absolute Gasteiger partial charge is 0.612 e. The van der Waals surface area contributed by atoms with Gasteiger partial charge in [-0.1, -0.05) is 0 Å². The van der Waals surface area contributed by atoms with Gasteiger partial charge < -0.3 is 14.3 Å². The predicted molar refractivity (Wildman–Crippen MR) is 78.2 cm³/mol. The standard InChI is InChI=1S/C14H13N3O2S/c1-19-9-3-4-10(13(7-9)20(2)18)14-16-11-5-6-15-8-12(11)17-14/h3-8H,1-2H3,(H,16,17). The molecule has 0 aliphatic carbocycles. The molecule has 1 unspecified atom stereocenters. The Morgan fingerprint density at radius 3 is 2.85 bits per heavy atom. The number of fused-ring (bicyclic) bond motifs is 1. The van der Waals surface area contributed by atoms with Gasteiger partial charge >= 0.3 is 0 Å². The highest BCUT2D eigenvalue weighted by Gasteiger charge is 2.17. The molecular formula is C14H13N3O2S. The summed E-state index contributed by atoms with van der Waals surface area (Å²) >= 11 is -1.13. The van der Waals surface area contributed by atoms with Crippen LogP contribution in [0.15, 0.2) is 41.6 Å². The van der Waals surface area contributed by atoms with Crippen molar-refractivity contribution in [2.75, 3.05) is 13.4 Å². The van der Waals surface area contributed by atoms with E-state index in [9.17, 15) is 4.55 Å². The van der Waals surface area contributed by atoms with E-state index in [0.29, 0.717) is 16.5 Å². The Labute approximate surface area is 119 Å². The van der Waals surface area contributed by atoms with Crippen LogP contribution in [0.1, 0.15) is 0 Å². The predicted octanol–water partition coefficient (Wildman–Crippen LogP) is 2.37. The number of ether oxygens (including phenoxy) is 1. The Morgan fingerprint density at radius 2 is 2.15 bits per heavy atom. The van der Waals surface area contributed by atoms with Crippen molar-refractivity contribution in [3.05, 3.63) is 36.7 Å². The monoisotopic (exact) mass is 287 g/mol. The summed E-state index contributed by atoms with van der Waals surface area (Å²) in [6.07, 6.45) is 5.04. The fourth-order valence-electron chi connectivity index (χ4n) is 2.05. The van der Waals surface area contributed by atoms with Gasteiger partial charge in [0.15, 0.2) is 4.90 Å². The summed E-state index contributed by atoms with van der Waals surface area (Å²) in [5, 5.41) is 0. The molecule has 3 rings (SSSR count). The van der Waals surface area contributed by atoms with Gasteiger partial charge in [0.1, 0.15) is 23.3 Å². The zero-order valence-electron chi connectivity index (χ0n) is 11.1. The third kappa shape index (κ3) is 2.23. The molecule has 0 amide bonds. The Balaban J connectivity index is 2.17. The number of hydrogen-bond acceptors (Lipinski definition) is 4. The number of hydrogen-bond donors (Lipinski definition) is 1. The smallest absolute Gasteiger partial charge is 0.167 e. The van der Waals surface area contributed by atoms with Crippen molar-refractivity contribution in [1.29, 1.82) is 0 Å². The van der Waals surface area contributed by atoms with Gasteiger partial charge in [-0.3, -0.25) is 4.98 Å². The molecule has 102 valence electrons. The number of imidazole rings is 1. The first kappa shape index (κ1) is 13.0. The first-order chi connectivity index (χ1) is 9.69. The lowest BCUT2D eigenvalue weighted by molar-refractivity contribution is 0.413. The lowest BCUT2D eigenvalue weighted by Crippen LogP contribution is -2.01. The van der Waals surface area contributed by atoms with Crippen LogP contribution in [0.2, 0.25) is 0 Å². The van der Waals surface area contributed by atoms with Gasteiger partial charge in [-0.05, 0) is 29.4 Å². The second-order valence-electron chi connectivity index (χ2n) is 4.29. The molecule has 0 aliphatic rings. The number of nitrogens with one attached hydrogen (secondary N) is 1. The molecule has 1 N–H and O–H groups in total. The number of nitrogens with zero attached hydrogens (tertiary/aromatic N) is 2. The summed E-state index contributed by atoms with van der Waals surface area (Å²) in [7, 11) is 1.59. The minimum absolute atomic E-state index is 0.678. The molecule has 2 aromatic heterocycles. The average molecular weight is 287 g/mol. The van der Waals surface area contributed by atoms with Crippen molar-refractivity contribution < 1.29 is 9.29 Å². The molecule has 6 heteroatoms.